The van der Waals surface area contributed by atoms with Crippen molar-refractivity contribution in [2.75, 3.05) is 7.11 Å². The number of benzene rings is 1. The van der Waals surface area contributed by atoms with Crippen LogP contribution in [0.1, 0.15) is 35.4 Å². The zero-order chi connectivity index (χ0) is 19.9. The molecule has 2 fully saturated rings. The van der Waals surface area contributed by atoms with E-state index < -0.39 is 64.8 Å². The zero-order valence-corrected chi connectivity index (χ0v) is 14.4. The summed E-state index contributed by atoms with van der Waals surface area (Å²) in [5.41, 5.74) is -8.04. The van der Waals surface area contributed by atoms with Crippen LogP contribution in [0.2, 0.25) is 0 Å². The average Bonchev–Trinajstić information content (AvgIpc) is 3.00. The van der Waals surface area contributed by atoms with Crippen molar-refractivity contribution in [2.24, 2.45) is 0 Å². The molecular weight excluding hydrogens is 364 g/mol. The molecule has 3 aliphatic rings. The number of carbonyl (C=O) groups is 2. The van der Waals surface area contributed by atoms with Crippen molar-refractivity contribution < 1.29 is 49.3 Å². The normalized spacial score (nSPS) is 42.5. The fourth-order valence-corrected chi connectivity index (χ4v) is 4.42. The van der Waals surface area contributed by atoms with Gasteiger partial charge in [-0.1, -0.05) is 0 Å². The van der Waals surface area contributed by atoms with Crippen molar-refractivity contribution in [3.05, 3.63) is 23.3 Å². The quantitative estimate of drug-likeness (QED) is 0.387. The number of aliphatic hydroxyl groups excluding tert-OH is 1. The van der Waals surface area contributed by atoms with Crippen LogP contribution in [0.15, 0.2) is 12.1 Å². The molecule has 1 aromatic rings. The molecule has 6 atom stereocenters. The van der Waals surface area contributed by atoms with E-state index in [0.29, 0.717) is 0 Å². The molecule has 0 aromatic heterocycles. The number of methoxy groups -OCH3 is 1. The summed E-state index contributed by atoms with van der Waals surface area (Å²) in [5.74, 6) is -1.67. The van der Waals surface area contributed by atoms with E-state index in [0.717, 1.165) is 6.07 Å². The molecular formula is C17H18O10. The lowest BCUT2D eigenvalue weighted by Gasteiger charge is -2.57. The van der Waals surface area contributed by atoms with Gasteiger partial charge in [-0.05, 0) is 13.0 Å². The minimum atomic E-state index is -2.86. The van der Waals surface area contributed by atoms with Crippen LogP contribution in [-0.2, 0) is 9.47 Å². The smallest absolute Gasteiger partial charge is 0.507 e. The molecule has 6 unspecified atom stereocenters. The fourth-order valence-electron chi connectivity index (χ4n) is 4.42. The van der Waals surface area contributed by atoms with Crippen molar-refractivity contribution in [1.29, 1.82) is 0 Å². The molecule has 1 aliphatic heterocycles. The number of ether oxygens (including phenoxy) is 3. The number of aromatic hydroxyl groups is 1. The highest BCUT2D eigenvalue weighted by atomic mass is 16.8. The maximum absolute atomic E-state index is 13.2. The van der Waals surface area contributed by atoms with Crippen molar-refractivity contribution in [3.8, 4) is 11.5 Å². The maximum atomic E-state index is 13.2. The molecule has 4 rings (SSSR count). The third-order valence-corrected chi connectivity index (χ3v) is 5.71. The van der Waals surface area contributed by atoms with Crippen LogP contribution in [0.5, 0.6) is 11.5 Å². The Hall–Kier alpha value is -2.40. The summed E-state index contributed by atoms with van der Waals surface area (Å²) in [6, 6.07) is 2.33. The molecule has 1 heterocycles. The van der Waals surface area contributed by atoms with Gasteiger partial charge in [0, 0.05) is 18.1 Å². The number of phenolic OH excluding ortho intramolecular Hbond substituents is 1. The number of aliphatic hydroxyl groups is 4. The Morgan fingerprint density at radius 1 is 1.15 bits per heavy atom. The number of ketones is 1. The molecule has 0 amide bonds. The number of carbonyl (C=O) groups excluding carboxylic acids is 2. The number of phenols is 1. The first kappa shape index (κ1) is 18.0. The molecule has 0 bridgehead atoms. The Bertz CT molecular complexity index is 864. The van der Waals surface area contributed by atoms with Gasteiger partial charge in [0.2, 0.25) is 11.4 Å². The van der Waals surface area contributed by atoms with Crippen LogP contribution < -0.4 is 4.74 Å². The van der Waals surface area contributed by atoms with E-state index in [2.05, 4.69) is 0 Å². The van der Waals surface area contributed by atoms with Gasteiger partial charge in [0.25, 0.3) is 0 Å². The number of hydrogen-bond donors (Lipinski definition) is 5. The summed E-state index contributed by atoms with van der Waals surface area (Å²) in [6.07, 6.45) is -7.12. The Morgan fingerprint density at radius 2 is 1.78 bits per heavy atom. The Kier molecular flexibility index (Phi) is 3.40. The van der Waals surface area contributed by atoms with E-state index in [-0.39, 0.29) is 11.3 Å². The molecule has 10 heteroatoms. The van der Waals surface area contributed by atoms with Gasteiger partial charge in [-0.3, -0.25) is 4.79 Å². The topological polar surface area (TPSA) is 163 Å². The van der Waals surface area contributed by atoms with Crippen molar-refractivity contribution in [2.45, 2.75) is 48.5 Å². The Morgan fingerprint density at radius 3 is 2.41 bits per heavy atom. The van der Waals surface area contributed by atoms with Gasteiger partial charge in [-0.2, -0.15) is 0 Å². The van der Waals surface area contributed by atoms with Gasteiger partial charge in [0.05, 0.1) is 12.7 Å². The Balaban J connectivity index is 1.99. The first-order chi connectivity index (χ1) is 12.5. The monoisotopic (exact) mass is 382 g/mol. The van der Waals surface area contributed by atoms with E-state index in [4.69, 9.17) is 14.2 Å². The van der Waals surface area contributed by atoms with E-state index in [9.17, 15) is 35.1 Å². The van der Waals surface area contributed by atoms with Crippen LogP contribution in [0.4, 0.5) is 4.79 Å². The van der Waals surface area contributed by atoms with E-state index >= 15 is 0 Å². The molecule has 1 saturated heterocycles. The summed E-state index contributed by atoms with van der Waals surface area (Å²) in [6.45, 7) is 1.22. The minimum absolute atomic E-state index is 0.100. The van der Waals surface area contributed by atoms with Crippen LogP contribution in [0.3, 0.4) is 0 Å². The number of hydrogen-bond acceptors (Lipinski definition) is 10. The predicted octanol–water partition coefficient (Wildman–Crippen LogP) is -0.849. The first-order valence-electron chi connectivity index (χ1n) is 8.15. The molecule has 5 N–H and O–H groups in total. The lowest BCUT2D eigenvalue weighted by molar-refractivity contribution is -0.279. The molecule has 146 valence electrons. The Labute approximate surface area is 152 Å². The highest BCUT2D eigenvalue weighted by Gasteiger charge is 2.77. The molecule has 1 aromatic carbocycles. The van der Waals surface area contributed by atoms with Gasteiger partial charge in [0.1, 0.15) is 28.8 Å². The summed E-state index contributed by atoms with van der Waals surface area (Å²) in [7, 11) is 1.30. The highest BCUT2D eigenvalue weighted by molar-refractivity contribution is 6.09. The van der Waals surface area contributed by atoms with Crippen LogP contribution >= 0.6 is 0 Å². The summed E-state index contributed by atoms with van der Waals surface area (Å²) in [5, 5.41) is 54.2. The first-order valence-corrected chi connectivity index (χ1v) is 8.15. The van der Waals surface area contributed by atoms with Crippen LogP contribution in [0, 0.1) is 0 Å². The summed E-state index contributed by atoms with van der Waals surface area (Å²) >= 11 is 0. The molecule has 2 aliphatic carbocycles. The van der Waals surface area contributed by atoms with E-state index in [1.54, 1.807) is 0 Å². The van der Waals surface area contributed by atoms with Gasteiger partial charge in [0.15, 0.2) is 12.2 Å². The molecule has 0 radical (unpaired) electrons. The largest absolute Gasteiger partial charge is 0.509 e. The van der Waals surface area contributed by atoms with Crippen molar-refractivity contribution in [3.63, 3.8) is 0 Å². The second kappa shape index (κ2) is 5.10. The molecule has 1 saturated carbocycles. The van der Waals surface area contributed by atoms with Gasteiger partial charge >= 0.3 is 6.16 Å². The van der Waals surface area contributed by atoms with Gasteiger partial charge in [-0.15, -0.1) is 0 Å². The zero-order valence-electron chi connectivity index (χ0n) is 14.4. The molecule has 0 spiro atoms. The van der Waals surface area contributed by atoms with Crippen molar-refractivity contribution in [1.82, 2.24) is 0 Å². The van der Waals surface area contributed by atoms with Crippen LogP contribution in [-0.4, -0.2) is 73.6 Å². The minimum Gasteiger partial charge on any atom is -0.507 e. The summed E-state index contributed by atoms with van der Waals surface area (Å²) < 4.78 is 14.8. The highest BCUT2D eigenvalue weighted by Crippen LogP contribution is 2.57. The lowest BCUT2D eigenvalue weighted by atomic mass is 9.55. The number of rotatable bonds is 1. The lowest BCUT2D eigenvalue weighted by Crippen LogP contribution is -2.79. The predicted molar refractivity (Wildman–Crippen MR) is 84.2 cm³/mol. The summed E-state index contributed by atoms with van der Waals surface area (Å²) in [4.78, 5) is 24.8. The van der Waals surface area contributed by atoms with E-state index in [1.807, 2.05) is 0 Å². The standard InChI is InChI=1S/C17H18O10/c1-15(22)5-16(23)10(19)7-3-6(25-2)4-8(18)9(7)11(20)17(16,24)13-12(15)26-14(21)27-13/h3-4,10,12-13,18-19,22-24H,5H2,1-2H3. The number of Topliss-reactive ketones (excluding diaryl/α,β-unsaturated/α-hetero) is 1. The second-order valence-corrected chi connectivity index (χ2v) is 7.39. The van der Waals surface area contributed by atoms with Gasteiger partial charge in [-0.25, -0.2) is 4.79 Å². The molecule has 27 heavy (non-hydrogen) atoms. The third kappa shape index (κ3) is 1.98. The van der Waals surface area contributed by atoms with Gasteiger partial charge < -0.3 is 39.7 Å². The average molecular weight is 382 g/mol. The SMILES string of the molecule is COc1cc(O)c2c(c1)C(O)C1(O)CC(C)(O)C3OC(=O)OC3C1(O)C2=O. The van der Waals surface area contributed by atoms with Crippen LogP contribution in [0.25, 0.3) is 0 Å². The van der Waals surface area contributed by atoms with Crippen molar-refractivity contribution >= 4 is 11.9 Å². The number of fused-ring (bicyclic) bond motifs is 4. The molecule has 10 nitrogen and oxygen atoms in total. The van der Waals surface area contributed by atoms with E-state index in [1.165, 1.54) is 20.1 Å². The third-order valence-electron chi connectivity index (χ3n) is 5.71. The second-order valence-electron chi connectivity index (χ2n) is 7.39. The fraction of sp³-hybridized carbons (Fsp3) is 0.529. The maximum Gasteiger partial charge on any atom is 0.509 e.